The quantitative estimate of drug-likeness (QED) is 0.405. The molecule has 0 saturated heterocycles. The zero-order valence-corrected chi connectivity index (χ0v) is 11.2. The van der Waals surface area contributed by atoms with Crippen molar-refractivity contribution < 1.29 is 14.3 Å². The van der Waals surface area contributed by atoms with Crippen molar-refractivity contribution in [3.8, 4) is 0 Å². The second-order valence-electron chi connectivity index (χ2n) is 3.93. The van der Waals surface area contributed by atoms with Gasteiger partial charge in [0.05, 0.1) is 23.5 Å². The maximum absolute atomic E-state index is 11.6. The van der Waals surface area contributed by atoms with Gasteiger partial charge in [-0.2, -0.15) is 0 Å². The summed E-state index contributed by atoms with van der Waals surface area (Å²) in [5.41, 5.74) is 7.43. The standard InChI is InChI=1S/C13H19N3O3/c1-3-19-13(18)10-4-5-11(14)12(8-10)16-7-6-15-9(2)17/h4-5,8,16H,3,6-7,14H2,1-2H3,(H,15,17). The lowest BCUT2D eigenvalue weighted by atomic mass is 10.1. The summed E-state index contributed by atoms with van der Waals surface area (Å²) < 4.78 is 4.92. The molecule has 19 heavy (non-hydrogen) atoms. The molecule has 1 aromatic rings. The van der Waals surface area contributed by atoms with Crippen molar-refractivity contribution in [3.05, 3.63) is 23.8 Å². The number of anilines is 2. The highest BCUT2D eigenvalue weighted by molar-refractivity contribution is 5.92. The number of rotatable bonds is 6. The van der Waals surface area contributed by atoms with E-state index in [1.807, 2.05) is 0 Å². The Bertz CT molecular complexity index is 460. The maximum atomic E-state index is 11.6. The molecule has 0 aliphatic rings. The van der Waals surface area contributed by atoms with Crippen molar-refractivity contribution in [3.63, 3.8) is 0 Å². The average Bonchev–Trinajstić information content (AvgIpc) is 2.36. The molecule has 0 atom stereocenters. The molecule has 4 N–H and O–H groups in total. The predicted molar refractivity (Wildman–Crippen MR) is 74.0 cm³/mol. The Labute approximate surface area is 112 Å². The van der Waals surface area contributed by atoms with Crippen LogP contribution in [0.1, 0.15) is 24.2 Å². The van der Waals surface area contributed by atoms with E-state index in [2.05, 4.69) is 10.6 Å². The summed E-state index contributed by atoms with van der Waals surface area (Å²) in [6.07, 6.45) is 0. The first-order valence-electron chi connectivity index (χ1n) is 6.09. The van der Waals surface area contributed by atoms with Crippen molar-refractivity contribution in [1.82, 2.24) is 5.32 Å². The highest BCUT2D eigenvalue weighted by atomic mass is 16.5. The predicted octanol–water partition coefficient (Wildman–Crippen LogP) is 0.993. The van der Waals surface area contributed by atoms with Gasteiger partial charge in [0, 0.05) is 20.0 Å². The van der Waals surface area contributed by atoms with E-state index in [-0.39, 0.29) is 11.9 Å². The molecule has 0 spiro atoms. The van der Waals surface area contributed by atoms with E-state index in [1.165, 1.54) is 6.92 Å². The first-order valence-corrected chi connectivity index (χ1v) is 6.09. The van der Waals surface area contributed by atoms with E-state index >= 15 is 0 Å². The van der Waals surface area contributed by atoms with Crippen LogP contribution in [0.25, 0.3) is 0 Å². The van der Waals surface area contributed by atoms with Crippen molar-refractivity contribution in [2.24, 2.45) is 0 Å². The zero-order valence-electron chi connectivity index (χ0n) is 11.2. The number of carbonyl (C=O) groups excluding carboxylic acids is 2. The smallest absolute Gasteiger partial charge is 0.338 e. The van der Waals surface area contributed by atoms with Crippen molar-refractivity contribution in [1.29, 1.82) is 0 Å². The number of amides is 1. The van der Waals surface area contributed by atoms with Crippen LogP contribution in [-0.2, 0) is 9.53 Å². The van der Waals surface area contributed by atoms with Gasteiger partial charge in [-0.15, -0.1) is 0 Å². The van der Waals surface area contributed by atoms with E-state index in [0.29, 0.717) is 36.6 Å². The summed E-state index contributed by atoms with van der Waals surface area (Å²) in [6, 6.07) is 4.90. The van der Waals surface area contributed by atoms with Gasteiger partial charge in [-0.25, -0.2) is 4.79 Å². The molecule has 0 heterocycles. The third-order valence-corrected chi connectivity index (χ3v) is 2.38. The van der Waals surface area contributed by atoms with E-state index in [1.54, 1.807) is 25.1 Å². The number of nitrogens with one attached hydrogen (secondary N) is 2. The highest BCUT2D eigenvalue weighted by Crippen LogP contribution is 2.20. The Morgan fingerprint density at radius 2 is 2.05 bits per heavy atom. The molecule has 6 nitrogen and oxygen atoms in total. The zero-order chi connectivity index (χ0) is 14.3. The van der Waals surface area contributed by atoms with Crippen molar-refractivity contribution >= 4 is 23.3 Å². The fraction of sp³-hybridized carbons (Fsp3) is 0.385. The van der Waals surface area contributed by atoms with Crippen molar-refractivity contribution in [2.75, 3.05) is 30.7 Å². The molecular weight excluding hydrogens is 246 g/mol. The molecule has 0 aliphatic heterocycles. The van der Waals surface area contributed by atoms with Gasteiger partial charge in [0.1, 0.15) is 0 Å². The van der Waals surface area contributed by atoms with Gasteiger partial charge in [0.15, 0.2) is 0 Å². The summed E-state index contributed by atoms with van der Waals surface area (Å²) in [5, 5.41) is 5.72. The van der Waals surface area contributed by atoms with E-state index < -0.39 is 0 Å². The van der Waals surface area contributed by atoms with Gasteiger partial charge >= 0.3 is 5.97 Å². The van der Waals surface area contributed by atoms with Gasteiger partial charge < -0.3 is 21.1 Å². The molecule has 0 unspecified atom stereocenters. The molecule has 0 saturated carbocycles. The van der Waals surface area contributed by atoms with Crippen LogP contribution in [0, 0.1) is 0 Å². The molecule has 104 valence electrons. The lowest BCUT2D eigenvalue weighted by Gasteiger charge is -2.11. The normalized spacial score (nSPS) is 9.79. The third-order valence-electron chi connectivity index (χ3n) is 2.38. The second kappa shape index (κ2) is 7.25. The monoisotopic (exact) mass is 265 g/mol. The number of nitrogen functional groups attached to an aromatic ring is 1. The molecule has 0 aliphatic carbocycles. The number of benzene rings is 1. The van der Waals surface area contributed by atoms with Gasteiger partial charge in [-0.05, 0) is 25.1 Å². The summed E-state index contributed by atoms with van der Waals surface area (Å²) >= 11 is 0. The fourth-order valence-electron chi connectivity index (χ4n) is 1.49. The Balaban J connectivity index is 2.64. The van der Waals surface area contributed by atoms with Gasteiger partial charge in [0.25, 0.3) is 0 Å². The SMILES string of the molecule is CCOC(=O)c1ccc(N)c(NCCNC(C)=O)c1. The lowest BCUT2D eigenvalue weighted by Crippen LogP contribution is -2.26. The third kappa shape index (κ3) is 4.87. The average molecular weight is 265 g/mol. The maximum Gasteiger partial charge on any atom is 0.338 e. The molecule has 1 aromatic carbocycles. The number of esters is 1. The number of hydrogen-bond acceptors (Lipinski definition) is 5. The van der Waals surface area contributed by atoms with Crippen LogP contribution in [0.2, 0.25) is 0 Å². The van der Waals surface area contributed by atoms with E-state index in [9.17, 15) is 9.59 Å². The minimum Gasteiger partial charge on any atom is -0.462 e. The van der Waals surface area contributed by atoms with Gasteiger partial charge in [-0.3, -0.25) is 4.79 Å². The fourth-order valence-corrected chi connectivity index (χ4v) is 1.49. The Morgan fingerprint density at radius 3 is 2.68 bits per heavy atom. The largest absolute Gasteiger partial charge is 0.462 e. The highest BCUT2D eigenvalue weighted by Gasteiger charge is 2.08. The number of hydrogen-bond donors (Lipinski definition) is 3. The van der Waals surface area contributed by atoms with E-state index in [4.69, 9.17) is 10.5 Å². The number of ether oxygens (including phenoxy) is 1. The summed E-state index contributed by atoms with van der Waals surface area (Å²) in [4.78, 5) is 22.3. The topological polar surface area (TPSA) is 93.4 Å². The van der Waals surface area contributed by atoms with Crippen LogP contribution in [-0.4, -0.2) is 31.6 Å². The Kier molecular flexibility index (Phi) is 5.66. The molecule has 0 fully saturated rings. The molecule has 6 heteroatoms. The molecule has 0 aromatic heterocycles. The molecule has 1 rings (SSSR count). The van der Waals surface area contributed by atoms with Crippen LogP contribution in [0.5, 0.6) is 0 Å². The van der Waals surface area contributed by atoms with E-state index in [0.717, 1.165) is 0 Å². The number of carbonyl (C=O) groups is 2. The van der Waals surface area contributed by atoms with Crippen LogP contribution in [0.15, 0.2) is 18.2 Å². The van der Waals surface area contributed by atoms with Gasteiger partial charge in [0.2, 0.25) is 5.91 Å². The molecular formula is C13H19N3O3. The molecule has 0 radical (unpaired) electrons. The van der Waals surface area contributed by atoms with Crippen LogP contribution in [0.4, 0.5) is 11.4 Å². The first-order chi connectivity index (χ1) is 9.04. The van der Waals surface area contributed by atoms with Crippen molar-refractivity contribution in [2.45, 2.75) is 13.8 Å². The van der Waals surface area contributed by atoms with Gasteiger partial charge in [-0.1, -0.05) is 0 Å². The first kappa shape index (κ1) is 14.8. The van der Waals surface area contributed by atoms with Crippen LogP contribution >= 0.6 is 0 Å². The summed E-state index contributed by atoms with van der Waals surface area (Å²) in [7, 11) is 0. The van der Waals surface area contributed by atoms with Crippen LogP contribution < -0.4 is 16.4 Å². The Morgan fingerprint density at radius 1 is 1.32 bits per heavy atom. The lowest BCUT2D eigenvalue weighted by molar-refractivity contribution is -0.118. The number of nitrogens with two attached hydrogens (primary N) is 1. The Hall–Kier alpha value is -2.24. The molecule has 1 amide bonds. The minimum atomic E-state index is -0.382. The minimum absolute atomic E-state index is 0.0879. The molecule has 0 bridgehead atoms. The second-order valence-corrected chi connectivity index (χ2v) is 3.93. The van der Waals surface area contributed by atoms with Crippen LogP contribution in [0.3, 0.4) is 0 Å². The summed E-state index contributed by atoms with van der Waals surface area (Å²) in [6.45, 7) is 4.54. The summed E-state index contributed by atoms with van der Waals surface area (Å²) in [5.74, 6) is -0.470.